The predicted octanol–water partition coefficient (Wildman–Crippen LogP) is 4.00. The smallest absolute Gasteiger partial charge is 0.328 e. The Kier molecular flexibility index (Phi) is 3.57. The molecule has 2 heterocycles. The lowest BCUT2D eigenvalue weighted by molar-refractivity contribution is -0.143. The summed E-state index contributed by atoms with van der Waals surface area (Å²) in [7, 11) is 1.41. The largest absolute Gasteiger partial charge is 0.467 e. The van der Waals surface area contributed by atoms with Gasteiger partial charge in [0.05, 0.1) is 23.8 Å². The average Bonchev–Trinajstić information content (AvgIpc) is 3.17. The second-order valence-electron chi connectivity index (χ2n) is 6.23. The number of aromatic nitrogens is 3. The van der Waals surface area contributed by atoms with E-state index in [9.17, 15) is 4.79 Å². The molecule has 0 saturated carbocycles. The van der Waals surface area contributed by atoms with Gasteiger partial charge in [-0.25, -0.2) is 9.78 Å². The highest BCUT2D eigenvalue weighted by atomic mass is 16.5. The lowest BCUT2D eigenvalue weighted by Crippen LogP contribution is -2.17. The third kappa shape index (κ3) is 2.39. The number of aryl methyl sites for hydroxylation is 1. The van der Waals surface area contributed by atoms with Gasteiger partial charge in [0.25, 0.3) is 0 Å². The lowest BCUT2D eigenvalue weighted by Gasteiger charge is -2.10. The number of ether oxygens (including phenoxy) is 1. The Morgan fingerprint density at radius 3 is 2.64 bits per heavy atom. The number of hydrogen-bond donors (Lipinski definition) is 0. The molecule has 0 saturated heterocycles. The van der Waals surface area contributed by atoms with Crippen LogP contribution in [-0.2, 0) is 9.53 Å². The van der Waals surface area contributed by atoms with Crippen LogP contribution in [0.2, 0.25) is 0 Å². The molecule has 0 fully saturated rings. The van der Waals surface area contributed by atoms with E-state index in [1.165, 1.54) is 7.11 Å². The molecule has 0 radical (unpaired) electrons. The molecule has 126 valence electrons. The zero-order valence-electron chi connectivity index (χ0n) is 14.4. The normalized spacial score (nSPS) is 12.6. The third-order valence-corrected chi connectivity index (χ3v) is 4.55. The first-order chi connectivity index (χ1) is 12.1. The van der Waals surface area contributed by atoms with Gasteiger partial charge in [0.1, 0.15) is 6.04 Å². The molecule has 0 aliphatic heterocycles. The zero-order chi connectivity index (χ0) is 17.6. The molecule has 4 rings (SSSR count). The quantitative estimate of drug-likeness (QED) is 0.533. The first kappa shape index (κ1) is 15.4. The molecular weight excluding hydrogens is 314 g/mol. The number of hydrogen-bond acceptors (Lipinski definition) is 3. The molecule has 2 aromatic heterocycles. The minimum atomic E-state index is -0.456. The fourth-order valence-corrected chi connectivity index (χ4v) is 3.22. The molecule has 2 aromatic carbocycles. The topological polar surface area (TPSA) is 48.5 Å². The summed E-state index contributed by atoms with van der Waals surface area (Å²) in [6, 6.07) is 15.9. The van der Waals surface area contributed by atoms with Crippen molar-refractivity contribution >= 4 is 22.8 Å². The average molecular weight is 333 g/mol. The molecule has 0 N–H and O–H groups in total. The van der Waals surface area contributed by atoms with Crippen LogP contribution in [0.4, 0.5) is 0 Å². The second-order valence-corrected chi connectivity index (χ2v) is 6.23. The fourth-order valence-electron chi connectivity index (χ4n) is 3.22. The Bertz CT molecular complexity index is 1080. The maximum atomic E-state index is 12.1. The molecule has 0 spiro atoms. The molecule has 0 bridgehead atoms. The highest BCUT2D eigenvalue weighted by molar-refractivity contribution is 5.85. The number of rotatable bonds is 3. The molecule has 1 atom stereocenters. The minimum Gasteiger partial charge on any atom is -0.467 e. The summed E-state index contributed by atoms with van der Waals surface area (Å²) in [6.45, 7) is 3.87. The van der Waals surface area contributed by atoms with Crippen molar-refractivity contribution < 1.29 is 9.53 Å². The van der Waals surface area contributed by atoms with Crippen molar-refractivity contribution in [2.45, 2.75) is 19.9 Å². The van der Waals surface area contributed by atoms with E-state index >= 15 is 0 Å². The fraction of sp³-hybridized carbons (Fsp3) is 0.200. The van der Waals surface area contributed by atoms with Crippen LogP contribution in [0.15, 0.2) is 54.7 Å². The second kappa shape index (κ2) is 5.77. The van der Waals surface area contributed by atoms with Crippen LogP contribution >= 0.6 is 0 Å². The molecule has 4 aromatic rings. The number of imidazole rings is 2. The maximum Gasteiger partial charge on any atom is 0.328 e. The van der Waals surface area contributed by atoms with Gasteiger partial charge in [-0.1, -0.05) is 36.4 Å². The molecule has 5 nitrogen and oxygen atoms in total. The number of carbonyl (C=O) groups excluding carboxylic acids is 1. The van der Waals surface area contributed by atoms with Gasteiger partial charge in [-0.05, 0) is 31.5 Å². The first-order valence-electron chi connectivity index (χ1n) is 8.23. The highest BCUT2D eigenvalue weighted by Crippen LogP contribution is 2.30. The molecule has 0 amide bonds. The summed E-state index contributed by atoms with van der Waals surface area (Å²) in [5.74, 6) is 0.442. The van der Waals surface area contributed by atoms with Gasteiger partial charge >= 0.3 is 5.97 Å². The number of carbonyl (C=O) groups is 1. The van der Waals surface area contributed by atoms with Crippen molar-refractivity contribution in [2.24, 2.45) is 0 Å². The van der Waals surface area contributed by atoms with E-state index in [0.717, 1.165) is 33.6 Å². The summed E-state index contributed by atoms with van der Waals surface area (Å²) in [4.78, 5) is 16.9. The van der Waals surface area contributed by atoms with E-state index in [-0.39, 0.29) is 5.97 Å². The van der Waals surface area contributed by atoms with Crippen molar-refractivity contribution in [2.75, 3.05) is 7.11 Å². The van der Waals surface area contributed by atoms with Crippen LogP contribution in [0.1, 0.15) is 18.5 Å². The van der Waals surface area contributed by atoms with Crippen LogP contribution < -0.4 is 0 Å². The Morgan fingerprint density at radius 2 is 1.92 bits per heavy atom. The predicted molar refractivity (Wildman–Crippen MR) is 97.6 cm³/mol. The highest BCUT2D eigenvalue weighted by Gasteiger charge is 2.22. The van der Waals surface area contributed by atoms with Gasteiger partial charge in [0, 0.05) is 11.8 Å². The Balaban J connectivity index is 2.07. The van der Waals surface area contributed by atoms with Crippen LogP contribution in [0.5, 0.6) is 0 Å². The number of nitrogens with zero attached hydrogens (tertiary/aromatic N) is 3. The van der Waals surface area contributed by atoms with Gasteiger partial charge in [0.15, 0.2) is 0 Å². The van der Waals surface area contributed by atoms with Gasteiger partial charge in [-0.2, -0.15) is 0 Å². The number of esters is 1. The van der Waals surface area contributed by atoms with Crippen molar-refractivity contribution in [3.63, 3.8) is 0 Å². The summed E-state index contributed by atoms with van der Waals surface area (Å²) in [6.07, 6.45) is 1.97. The molecule has 0 aliphatic carbocycles. The molecule has 5 heteroatoms. The molecule has 1 unspecified atom stereocenters. The van der Waals surface area contributed by atoms with Crippen LogP contribution in [0.25, 0.3) is 28.1 Å². The molecule has 25 heavy (non-hydrogen) atoms. The SMILES string of the molecule is COC(=O)C(C)n1cc(-c2ccccc2)n2c3ccc(C)cc3nc12. The summed E-state index contributed by atoms with van der Waals surface area (Å²) in [5.41, 5.74) is 5.16. The van der Waals surface area contributed by atoms with Crippen molar-refractivity contribution in [1.82, 2.24) is 14.0 Å². The van der Waals surface area contributed by atoms with E-state index in [2.05, 4.69) is 34.7 Å². The number of benzene rings is 2. The van der Waals surface area contributed by atoms with E-state index in [1.54, 1.807) is 0 Å². The van der Waals surface area contributed by atoms with E-state index < -0.39 is 6.04 Å². The minimum absolute atomic E-state index is 0.291. The molecule has 0 aliphatic rings. The van der Waals surface area contributed by atoms with Gasteiger partial charge in [-0.15, -0.1) is 0 Å². The monoisotopic (exact) mass is 333 g/mol. The summed E-state index contributed by atoms with van der Waals surface area (Å²) < 4.78 is 8.91. The Hall–Kier alpha value is -3.08. The van der Waals surface area contributed by atoms with E-state index in [4.69, 9.17) is 9.72 Å². The van der Waals surface area contributed by atoms with E-state index in [1.807, 2.05) is 42.8 Å². The van der Waals surface area contributed by atoms with Crippen LogP contribution in [0.3, 0.4) is 0 Å². The van der Waals surface area contributed by atoms with Crippen molar-refractivity contribution in [1.29, 1.82) is 0 Å². The zero-order valence-corrected chi connectivity index (χ0v) is 14.4. The van der Waals surface area contributed by atoms with E-state index in [0.29, 0.717) is 0 Å². The first-order valence-corrected chi connectivity index (χ1v) is 8.23. The maximum absolute atomic E-state index is 12.1. The van der Waals surface area contributed by atoms with Crippen molar-refractivity contribution in [3.05, 3.63) is 60.3 Å². The van der Waals surface area contributed by atoms with Crippen molar-refractivity contribution in [3.8, 4) is 11.3 Å². The number of fused-ring (bicyclic) bond motifs is 3. The Labute approximate surface area is 145 Å². The van der Waals surface area contributed by atoms with Gasteiger partial charge < -0.3 is 9.30 Å². The number of methoxy groups -OCH3 is 1. The Morgan fingerprint density at radius 1 is 1.16 bits per heavy atom. The third-order valence-electron chi connectivity index (χ3n) is 4.55. The van der Waals surface area contributed by atoms with Gasteiger partial charge in [-0.3, -0.25) is 4.40 Å². The van der Waals surface area contributed by atoms with Gasteiger partial charge in [0.2, 0.25) is 5.78 Å². The summed E-state index contributed by atoms with van der Waals surface area (Å²) in [5, 5.41) is 0. The lowest BCUT2D eigenvalue weighted by atomic mass is 10.1. The van der Waals surface area contributed by atoms with Crippen LogP contribution in [-0.4, -0.2) is 27.0 Å². The summed E-state index contributed by atoms with van der Waals surface area (Å²) >= 11 is 0. The van der Waals surface area contributed by atoms with Crippen LogP contribution in [0, 0.1) is 6.92 Å². The molecular formula is C20H19N3O2. The standard InChI is InChI=1S/C20H19N3O2/c1-13-9-10-17-16(11-13)21-20-22(14(2)19(24)25-3)12-18(23(17)20)15-7-5-4-6-8-15/h4-12,14H,1-3H3.